The van der Waals surface area contributed by atoms with E-state index in [9.17, 15) is 4.79 Å². The number of amides is 1. The lowest BCUT2D eigenvalue weighted by atomic mass is 10.0. The van der Waals surface area contributed by atoms with E-state index in [-0.39, 0.29) is 11.9 Å². The zero-order valence-corrected chi connectivity index (χ0v) is 17.4. The molecule has 28 heavy (non-hydrogen) atoms. The highest BCUT2D eigenvalue weighted by molar-refractivity contribution is 6.30. The first kappa shape index (κ1) is 20.5. The minimum atomic E-state index is 0.108. The highest BCUT2D eigenvalue weighted by atomic mass is 35.5. The summed E-state index contributed by atoms with van der Waals surface area (Å²) in [6, 6.07) is 13.7. The molecule has 5 nitrogen and oxygen atoms in total. The van der Waals surface area contributed by atoms with Crippen LogP contribution in [0.5, 0.6) is 11.5 Å². The minimum absolute atomic E-state index is 0.108. The van der Waals surface area contributed by atoms with Crippen molar-refractivity contribution in [3.8, 4) is 11.5 Å². The number of nitrogens with zero attached hydrogens (tertiary/aromatic N) is 2. The van der Waals surface area contributed by atoms with Gasteiger partial charge >= 0.3 is 0 Å². The number of benzene rings is 2. The molecular formula is C22H27ClN2O3. The van der Waals surface area contributed by atoms with Gasteiger partial charge in [-0.2, -0.15) is 0 Å². The van der Waals surface area contributed by atoms with E-state index in [4.69, 9.17) is 21.1 Å². The van der Waals surface area contributed by atoms with Gasteiger partial charge in [-0.25, -0.2) is 0 Å². The Bertz CT molecular complexity index is 827. The quantitative estimate of drug-likeness (QED) is 0.697. The van der Waals surface area contributed by atoms with Gasteiger partial charge in [0.05, 0.1) is 26.8 Å². The summed E-state index contributed by atoms with van der Waals surface area (Å²) in [5.74, 6) is 1.73. The predicted octanol–water partition coefficient (Wildman–Crippen LogP) is 4.15. The molecule has 1 atom stereocenters. The lowest BCUT2D eigenvalue weighted by Gasteiger charge is -2.28. The number of methoxy groups -OCH3 is 2. The van der Waals surface area contributed by atoms with Gasteiger partial charge in [-0.15, -0.1) is 0 Å². The van der Waals surface area contributed by atoms with Crippen LogP contribution in [0.2, 0.25) is 5.02 Å². The molecule has 0 radical (unpaired) electrons. The summed E-state index contributed by atoms with van der Waals surface area (Å²) in [5, 5.41) is 0.660. The van der Waals surface area contributed by atoms with Crippen molar-refractivity contribution < 1.29 is 14.3 Å². The van der Waals surface area contributed by atoms with Crippen molar-refractivity contribution in [2.75, 3.05) is 34.4 Å². The van der Waals surface area contributed by atoms with Crippen LogP contribution in [-0.2, 0) is 11.3 Å². The van der Waals surface area contributed by atoms with Crippen molar-refractivity contribution in [1.82, 2.24) is 9.80 Å². The fourth-order valence-electron chi connectivity index (χ4n) is 3.80. The Morgan fingerprint density at radius 3 is 2.79 bits per heavy atom. The smallest absolute Gasteiger partial charge is 0.237 e. The SMILES string of the molecule is COc1cccc(C2CCCN2C(=O)CN(C)Cc2cc(Cl)ccc2OC)c1. The number of likely N-dealkylation sites (N-methyl/N-ethyl adjacent to an activating group) is 1. The van der Waals surface area contributed by atoms with Gasteiger partial charge in [0.1, 0.15) is 11.5 Å². The fourth-order valence-corrected chi connectivity index (χ4v) is 3.99. The molecule has 0 spiro atoms. The van der Waals surface area contributed by atoms with E-state index >= 15 is 0 Å². The van der Waals surface area contributed by atoms with Gasteiger partial charge in [-0.1, -0.05) is 23.7 Å². The van der Waals surface area contributed by atoms with Crippen LogP contribution in [0.3, 0.4) is 0 Å². The number of carbonyl (C=O) groups is 1. The van der Waals surface area contributed by atoms with Crippen molar-refractivity contribution in [3.63, 3.8) is 0 Å². The second-order valence-corrected chi connectivity index (χ2v) is 7.59. The molecule has 1 unspecified atom stereocenters. The molecule has 2 aromatic carbocycles. The van der Waals surface area contributed by atoms with Crippen molar-refractivity contribution in [2.45, 2.75) is 25.4 Å². The molecule has 0 aromatic heterocycles. The summed E-state index contributed by atoms with van der Waals surface area (Å²) in [5.41, 5.74) is 2.10. The molecule has 2 aromatic rings. The topological polar surface area (TPSA) is 42.0 Å². The number of ether oxygens (including phenoxy) is 2. The van der Waals surface area contributed by atoms with E-state index in [0.29, 0.717) is 18.1 Å². The van der Waals surface area contributed by atoms with E-state index in [0.717, 1.165) is 42.0 Å². The Balaban J connectivity index is 1.67. The third kappa shape index (κ3) is 4.78. The molecule has 6 heteroatoms. The summed E-state index contributed by atoms with van der Waals surface area (Å²) < 4.78 is 10.7. The number of rotatable bonds is 7. The van der Waals surface area contributed by atoms with Crippen LogP contribution in [0.1, 0.15) is 30.0 Å². The second kappa shape index (κ2) is 9.30. The van der Waals surface area contributed by atoms with Gasteiger partial charge in [-0.05, 0) is 55.8 Å². The summed E-state index contributed by atoms with van der Waals surface area (Å²) in [7, 11) is 5.24. The van der Waals surface area contributed by atoms with Gasteiger partial charge in [0.2, 0.25) is 5.91 Å². The minimum Gasteiger partial charge on any atom is -0.497 e. The zero-order valence-electron chi connectivity index (χ0n) is 16.7. The lowest BCUT2D eigenvalue weighted by molar-refractivity contribution is -0.133. The number of halogens is 1. The maximum atomic E-state index is 13.0. The average Bonchev–Trinajstić information content (AvgIpc) is 3.18. The summed E-state index contributed by atoms with van der Waals surface area (Å²) in [6.07, 6.45) is 1.99. The van der Waals surface area contributed by atoms with Gasteiger partial charge in [-0.3, -0.25) is 9.69 Å². The monoisotopic (exact) mass is 402 g/mol. The van der Waals surface area contributed by atoms with Gasteiger partial charge in [0, 0.05) is 23.7 Å². The maximum absolute atomic E-state index is 13.0. The van der Waals surface area contributed by atoms with Crippen LogP contribution in [0.25, 0.3) is 0 Å². The van der Waals surface area contributed by atoms with Gasteiger partial charge in [0.15, 0.2) is 0 Å². The Morgan fingerprint density at radius 2 is 2.04 bits per heavy atom. The summed E-state index contributed by atoms with van der Waals surface area (Å²) in [6.45, 7) is 1.72. The highest BCUT2D eigenvalue weighted by Gasteiger charge is 2.30. The van der Waals surface area contributed by atoms with Gasteiger partial charge in [0.25, 0.3) is 0 Å². The predicted molar refractivity (Wildman–Crippen MR) is 111 cm³/mol. The average molecular weight is 403 g/mol. The van der Waals surface area contributed by atoms with E-state index in [1.807, 2.05) is 47.2 Å². The van der Waals surface area contributed by atoms with Crippen LogP contribution in [0.4, 0.5) is 0 Å². The molecule has 0 aliphatic carbocycles. The molecule has 1 amide bonds. The third-order valence-electron chi connectivity index (χ3n) is 5.14. The van der Waals surface area contributed by atoms with Crippen molar-refractivity contribution >= 4 is 17.5 Å². The number of hydrogen-bond acceptors (Lipinski definition) is 4. The molecule has 1 fully saturated rings. The summed E-state index contributed by atoms with van der Waals surface area (Å²) in [4.78, 5) is 17.0. The van der Waals surface area contributed by atoms with Crippen molar-refractivity contribution in [2.24, 2.45) is 0 Å². The third-order valence-corrected chi connectivity index (χ3v) is 5.37. The largest absolute Gasteiger partial charge is 0.497 e. The van der Waals surface area contributed by atoms with Crippen molar-refractivity contribution in [3.05, 3.63) is 58.6 Å². The van der Waals surface area contributed by atoms with Crippen LogP contribution in [-0.4, -0.2) is 50.1 Å². The van der Waals surface area contributed by atoms with Crippen LogP contribution in [0.15, 0.2) is 42.5 Å². The molecule has 1 aliphatic heterocycles. The van der Waals surface area contributed by atoms with Crippen LogP contribution in [0, 0.1) is 0 Å². The number of carbonyl (C=O) groups excluding carboxylic acids is 1. The normalized spacial score (nSPS) is 16.5. The van der Waals surface area contributed by atoms with Crippen LogP contribution >= 0.6 is 11.6 Å². The molecule has 1 aliphatic rings. The van der Waals surface area contributed by atoms with E-state index < -0.39 is 0 Å². The van der Waals surface area contributed by atoms with E-state index in [1.165, 1.54) is 0 Å². The van der Waals surface area contributed by atoms with Gasteiger partial charge < -0.3 is 14.4 Å². The lowest BCUT2D eigenvalue weighted by Crippen LogP contribution is -2.38. The van der Waals surface area contributed by atoms with E-state index in [2.05, 4.69) is 6.07 Å². The van der Waals surface area contributed by atoms with Crippen molar-refractivity contribution in [1.29, 1.82) is 0 Å². The summed E-state index contributed by atoms with van der Waals surface area (Å²) >= 11 is 6.12. The number of likely N-dealkylation sites (tertiary alicyclic amines) is 1. The Kier molecular flexibility index (Phi) is 6.81. The molecule has 0 N–H and O–H groups in total. The van der Waals surface area contributed by atoms with E-state index in [1.54, 1.807) is 20.3 Å². The zero-order chi connectivity index (χ0) is 20.1. The molecular weight excluding hydrogens is 376 g/mol. The highest BCUT2D eigenvalue weighted by Crippen LogP contribution is 2.33. The Morgan fingerprint density at radius 1 is 1.21 bits per heavy atom. The molecule has 0 saturated carbocycles. The number of hydrogen-bond donors (Lipinski definition) is 0. The molecule has 150 valence electrons. The first-order valence-corrected chi connectivity index (χ1v) is 9.84. The fraction of sp³-hybridized carbons (Fsp3) is 0.409. The first-order valence-electron chi connectivity index (χ1n) is 9.46. The second-order valence-electron chi connectivity index (χ2n) is 7.15. The Hall–Kier alpha value is -2.24. The molecule has 3 rings (SSSR count). The maximum Gasteiger partial charge on any atom is 0.237 e. The molecule has 0 bridgehead atoms. The molecule has 1 saturated heterocycles. The van der Waals surface area contributed by atoms with Crippen LogP contribution < -0.4 is 9.47 Å². The Labute approximate surface area is 171 Å². The first-order chi connectivity index (χ1) is 13.5. The molecule has 1 heterocycles. The standard InChI is InChI=1S/C22H27ClN2O3/c1-24(14-17-12-18(23)9-10-21(17)28-3)15-22(26)25-11-5-8-20(25)16-6-4-7-19(13-16)27-2/h4,6-7,9-10,12-13,20H,5,8,11,14-15H2,1-3H3.